The molecule has 0 bridgehead atoms. The van der Waals surface area contributed by atoms with E-state index >= 15 is 0 Å². The molecule has 0 aliphatic rings. The van der Waals surface area contributed by atoms with E-state index in [-0.39, 0.29) is 23.7 Å². The van der Waals surface area contributed by atoms with Gasteiger partial charge in [-0.3, -0.25) is 4.79 Å². The van der Waals surface area contributed by atoms with E-state index < -0.39 is 10.0 Å². The molecule has 3 aromatic rings. The standard InChI is InChI=1S/C17H17N3O3S.ClH/c1-2-20-17(21)15-6-4-3-5-14(15)16(19-20)13-9-7-12(8-10-13)11-24(18,22)23;/h3-10H,2,11H2,1H3,(H2,18,22,23);1H. The van der Waals surface area contributed by atoms with Crippen LogP contribution in [0.25, 0.3) is 22.0 Å². The lowest BCUT2D eigenvalue weighted by atomic mass is 10.0. The molecule has 6 nitrogen and oxygen atoms in total. The lowest BCUT2D eigenvalue weighted by Gasteiger charge is -2.10. The fraction of sp³-hybridized carbons (Fsp3) is 0.176. The van der Waals surface area contributed by atoms with Gasteiger partial charge in [0, 0.05) is 17.5 Å². The molecular weight excluding hydrogens is 362 g/mol. The normalized spacial score (nSPS) is 11.3. The number of aromatic nitrogens is 2. The molecule has 0 unspecified atom stereocenters. The third-order valence-corrected chi connectivity index (χ3v) is 4.50. The Kier molecular flexibility index (Phi) is 5.62. The van der Waals surface area contributed by atoms with E-state index in [9.17, 15) is 13.2 Å². The van der Waals surface area contributed by atoms with E-state index in [1.165, 1.54) is 4.68 Å². The van der Waals surface area contributed by atoms with Gasteiger partial charge in [0.1, 0.15) is 0 Å². The summed E-state index contributed by atoms with van der Waals surface area (Å²) in [4.78, 5) is 12.4. The first-order chi connectivity index (χ1) is 11.4. The van der Waals surface area contributed by atoms with E-state index in [1.807, 2.05) is 25.1 Å². The zero-order valence-electron chi connectivity index (χ0n) is 13.5. The van der Waals surface area contributed by atoms with Crippen molar-refractivity contribution < 1.29 is 8.42 Å². The summed E-state index contributed by atoms with van der Waals surface area (Å²) in [6, 6.07) is 14.3. The molecule has 1 aromatic heterocycles. The third kappa shape index (κ3) is 4.07. The SMILES string of the molecule is CCn1nc(-c2ccc(CS(N)(=O)=O)cc2)c2ccccc2c1=O.Cl. The number of fused-ring (bicyclic) bond motifs is 1. The fourth-order valence-electron chi connectivity index (χ4n) is 2.65. The number of hydrogen-bond donors (Lipinski definition) is 1. The number of primary sulfonamides is 1. The fourth-order valence-corrected chi connectivity index (χ4v) is 3.31. The zero-order valence-corrected chi connectivity index (χ0v) is 15.2. The molecule has 0 saturated heterocycles. The lowest BCUT2D eigenvalue weighted by molar-refractivity contribution is 0.597. The van der Waals surface area contributed by atoms with Gasteiger partial charge >= 0.3 is 0 Å². The van der Waals surface area contributed by atoms with Crippen molar-refractivity contribution >= 4 is 33.2 Å². The first kappa shape index (κ1) is 19.1. The first-order valence-corrected chi connectivity index (χ1v) is 9.20. The summed E-state index contributed by atoms with van der Waals surface area (Å²) in [6.45, 7) is 2.34. The number of benzene rings is 2. The molecule has 0 aliphatic carbocycles. The number of nitrogens with zero attached hydrogens (tertiary/aromatic N) is 2. The molecule has 132 valence electrons. The highest BCUT2D eigenvalue weighted by Crippen LogP contribution is 2.25. The molecule has 0 fully saturated rings. The molecule has 3 rings (SSSR count). The maximum Gasteiger partial charge on any atom is 0.274 e. The van der Waals surface area contributed by atoms with E-state index in [0.717, 1.165) is 10.9 Å². The second-order valence-corrected chi connectivity index (χ2v) is 7.13. The van der Waals surface area contributed by atoms with Crippen LogP contribution < -0.4 is 10.7 Å². The second-order valence-electron chi connectivity index (χ2n) is 5.52. The van der Waals surface area contributed by atoms with Gasteiger partial charge in [-0.1, -0.05) is 42.5 Å². The van der Waals surface area contributed by atoms with Gasteiger partial charge < -0.3 is 0 Å². The van der Waals surface area contributed by atoms with Gasteiger partial charge in [-0.2, -0.15) is 5.10 Å². The van der Waals surface area contributed by atoms with E-state index in [0.29, 0.717) is 23.2 Å². The molecule has 0 saturated carbocycles. The van der Waals surface area contributed by atoms with Crippen LogP contribution in [0.2, 0.25) is 0 Å². The minimum absolute atomic E-state index is 0. The summed E-state index contributed by atoms with van der Waals surface area (Å²) in [5, 5.41) is 10.9. The van der Waals surface area contributed by atoms with Crippen LogP contribution in [0.1, 0.15) is 12.5 Å². The van der Waals surface area contributed by atoms with E-state index in [1.54, 1.807) is 30.3 Å². The van der Waals surface area contributed by atoms with Crippen molar-refractivity contribution in [1.29, 1.82) is 0 Å². The van der Waals surface area contributed by atoms with Gasteiger partial charge in [-0.05, 0) is 18.6 Å². The highest BCUT2D eigenvalue weighted by Gasteiger charge is 2.12. The lowest BCUT2D eigenvalue weighted by Crippen LogP contribution is -2.22. The molecule has 0 aliphatic heterocycles. The molecule has 0 atom stereocenters. The van der Waals surface area contributed by atoms with Crippen molar-refractivity contribution in [3.63, 3.8) is 0 Å². The predicted octanol–water partition coefficient (Wildman–Crippen LogP) is 2.29. The molecule has 8 heteroatoms. The minimum Gasteiger partial charge on any atom is -0.267 e. The monoisotopic (exact) mass is 379 g/mol. The highest BCUT2D eigenvalue weighted by atomic mass is 35.5. The van der Waals surface area contributed by atoms with Crippen LogP contribution >= 0.6 is 12.4 Å². The molecular formula is C17H18ClN3O3S. The first-order valence-electron chi connectivity index (χ1n) is 7.48. The summed E-state index contributed by atoms with van der Waals surface area (Å²) in [7, 11) is -3.57. The summed E-state index contributed by atoms with van der Waals surface area (Å²) >= 11 is 0. The van der Waals surface area contributed by atoms with Crippen LogP contribution in [0.5, 0.6) is 0 Å². The average Bonchev–Trinajstić information content (AvgIpc) is 2.55. The summed E-state index contributed by atoms with van der Waals surface area (Å²) in [6.07, 6.45) is 0. The van der Waals surface area contributed by atoms with Gasteiger partial charge in [0.05, 0.1) is 16.8 Å². The van der Waals surface area contributed by atoms with Crippen molar-refractivity contribution in [3.8, 4) is 11.3 Å². The average molecular weight is 380 g/mol. The Morgan fingerprint density at radius 3 is 2.20 bits per heavy atom. The molecule has 0 amide bonds. The van der Waals surface area contributed by atoms with Crippen molar-refractivity contribution in [3.05, 3.63) is 64.4 Å². The van der Waals surface area contributed by atoms with Crippen LogP contribution in [-0.2, 0) is 22.3 Å². The summed E-state index contributed by atoms with van der Waals surface area (Å²) < 4.78 is 23.8. The van der Waals surface area contributed by atoms with E-state index in [4.69, 9.17) is 5.14 Å². The largest absolute Gasteiger partial charge is 0.274 e. The van der Waals surface area contributed by atoms with Crippen molar-refractivity contribution in [1.82, 2.24) is 9.78 Å². The number of aryl methyl sites for hydroxylation is 1. The molecule has 2 aromatic carbocycles. The zero-order chi connectivity index (χ0) is 17.3. The van der Waals surface area contributed by atoms with Gasteiger partial charge in [-0.25, -0.2) is 18.2 Å². The van der Waals surface area contributed by atoms with Gasteiger partial charge in [-0.15, -0.1) is 12.4 Å². The third-order valence-electron chi connectivity index (χ3n) is 3.76. The van der Waals surface area contributed by atoms with E-state index in [2.05, 4.69) is 5.10 Å². The Balaban J connectivity index is 0.00000225. The van der Waals surface area contributed by atoms with Gasteiger partial charge in [0.15, 0.2) is 0 Å². The van der Waals surface area contributed by atoms with Gasteiger partial charge in [0.2, 0.25) is 10.0 Å². The minimum atomic E-state index is -3.57. The Morgan fingerprint density at radius 2 is 1.64 bits per heavy atom. The Morgan fingerprint density at radius 1 is 1.04 bits per heavy atom. The van der Waals surface area contributed by atoms with Crippen LogP contribution in [0.3, 0.4) is 0 Å². The van der Waals surface area contributed by atoms with Crippen molar-refractivity contribution in [2.24, 2.45) is 5.14 Å². The Bertz CT molecular complexity index is 1060. The number of sulfonamides is 1. The van der Waals surface area contributed by atoms with Crippen LogP contribution in [0.15, 0.2) is 53.3 Å². The van der Waals surface area contributed by atoms with Crippen molar-refractivity contribution in [2.45, 2.75) is 19.2 Å². The van der Waals surface area contributed by atoms with Crippen LogP contribution in [0.4, 0.5) is 0 Å². The number of nitrogens with two attached hydrogens (primary N) is 1. The summed E-state index contributed by atoms with van der Waals surface area (Å²) in [5.74, 6) is -0.212. The predicted molar refractivity (Wildman–Crippen MR) is 101 cm³/mol. The van der Waals surface area contributed by atoms with Crippen LogP contribution in [-0.4, -0.2) is 18.2 Å². The maximum absolute atomic E-state index is 12.4. The van der Waals surface area contributed by atoms with Crippen molar-refractivity contribution in [2.75, 3.05) is 0 Å². The van der Waals surface area contributed by atoms with Crippen LogP contribution in [0, 0.1) is 0 Å². The summed E-state index contributed by atoms with van der Waals surface area (Å²) in [5.41, 5.74) is 1.98. The number of hydrogen-bond acceptors (Lipinski definition) is 4. The highest BCUT2D eigenvalue weighted by molar-refractivity contribution is 7.88. The number of halogens is 1. The van der Waals surface area contributed by atoms with Gasteiger partial charge in [0.25, 0.3) is 5.56 Å². The topological polar surface area (TPSA) is 95.1 Å². The smallest absolute Gasteiger partial charge is 0.267 e. The molecule has 0 radical (unpaired) electrons. The molecule has 0 spiro atoms. The Hall–Kier alpha value is -2.22. The molecule has 25 heavy (non-hydrogen) atoms. The molecule has 1 heterocycles. The Labute approximate surface area is 151 Å². The maximum atomic E-state index is 12.4. The molecule has 2 N–H and O–H groups in total. The second kappa shape index (κ2) is 7.35. The number of rotatable bonds is 4. The quantitative estimate of drug-likeness (QED) is 0.752.